The van der Waals surface area contributed by atoms with Crippen molar-refractivity contribution in [1.29, 1.82) is 0 Å². The van der Waals surface area contributed by atoms with Crippen molar-refractivity contribution in [3.8, 4) is 5.75 Å². The quantitative estimate of drug-likeness (QED) is 0.572. The molecule has 3 nitrogen and oxygen atoms in total. The Labute approximate surface area is 107 Å². The fraction of sp³-hybridized carbons (Fsp3) is 0.455. The van der Waals surface area contributed by atoms with Crippen molar-refractivity contribution < 1.29 is 13.3 Å². The molecule has 0 saturated heterocycles. The Hall–Kier alpha value is -0.363. The van der Waals surface area contributed by atoms with E-state index in [2.05, 4.69) is 22.0 Å². The summed E-state index contributed by atoms with van der Waals surface area (Å²) in [5.41, 5.74) is 1.19. The van der Waals surface area contributed by atoms with E-state index >= 15 is 0 Å². The van der Waals surface area contributed by atoms with Crippen molar-refractivity contribution in [1.82, 2.24) is 0 Å². The van der Waals surface area contributed by atoms with Crippen LogP contribution in [0.5, 0.6) is 5.75 Å². The van der Waals surface area contributed by atoms with Crippen LogP contribution in [-0.4, -0.2) is 29.1 Å². The molecular formula is C11H16BrO3Si. The molecule has 0 saturated carbocycles. The highest BCUT2D eigenvalue weighted by Gasteiger charge is 2.19. The molecule has 16 heavy (non-hydrogen) atoms. The predicted molar refractivity (Wildman–Crippen MR) is 69.0 cm³/mol. The summed E-state index contributed by atoms with van der Waals surface area (Å²) in [7, 11) is 1.56. The third-order valence-electron chi connectivity index (χ3n) is 2.08. The smallest absolute Gasteiger partial charge is 0.498 e. The van der Waals surface area contributed by atoms with E-state index in [9.17, 15) is 0 Å². The van der Waals surface area contributed by atoms with Gasteiger partial charge in [0.15, 0.2) is 0 Å². The Bertz CT molecular complexity index is 305. The number of aryl methyl sites for hydroxylation is 1. The van der Waals surface area contributed by atoms with Crippen molar-refractivity contribution in [3.05, 3.63) is 29.8 Å². The first-order valence-corrected chi connectivity index (χ1v) is 7.43. The highest BCUT2D eigenvalue weighted by atomic mass is 79.9. The van der Waals surface area contributed by atoms with Crippen LogP contribution >= 0.6 is 15.9 Å². The van der Waals surface area contributed by atoms with Gasteiger partial charge in [-0.05, 0) is 24.5 Å². The fourth-order valence-corrected chi connectivity index (χ4v) is 2.32. The lowest BCUT2D eigenvalue weighted by Gasteiger charge is -2.14. The Morgan fingerprint density at radius 2 is 1.88 bits per heavy atom. The molecule has 89 valence electrons. The molecule has 0 spiro atoms. The molecule has 1 rings (SSSR count). The second-order valence-corrected chi connectivity index (χ2v) is 5.47. The number of hydrogen-bond donors (Lipinski definition) is 0. The number of benzene rings is 1. The maximum Gasteiger partial charge on any atom is 0.655 e. The number of hydrogen-bond acceptors (Lipinski definition) is 3. The SMILES string of the molecule is CO[Si](OC)Oc1ccccc1CCCBr. The Kier molecular flexibility index (Phi) is 6.71. The maximum atomic E-state index is 5.68. The van der Waals surface area contributed by atoms with E-state index in [1.165, 1.54) is 5.56 Å². The van der Waals surface area contributed by atoms with Crippen LogP contribution in [0.25, 0.3) is 0 Å². The van der Waals surface area contributed by atoms with Crippen LogP contribution in [0.3, 0.4) is 0 Å². The summed E-state index contributed by atoms with van der Waals surface area (Å²) in [5.74, 6) is 0.862. The van der Waals surface area contributed by atoms with Gasteiger partial charge in [-0.1, -0.05) is 34.1 Å². The first kappa shape index (κ1) is 13.7. The largest absolute Gasteiger partial charge is 0.655 e. The molecule has 0 unspecified atom stereocenters. The topological polar surface area (TPSA) is 27.7 Å². The van der Waals surface area contributed by atoms with Gasteiger partial charge in [-0.3, -0.25) is 0 Å². The second kappa shape index (κ2) is 7.84. The molecule has 0 amide bonds. The zero-order chi connectivity index (χ0) is 11.8. The molecule has 1 aromatic carbocycles. The molecule has 0 N–H and O–H groups in total. The maximum absolute atomic E-state index is 5.68. The van der Waals surface area contributed by atoms with Gasteiger partial charge in [0.25, 0.3) is 0 Å². The van der Waals surface area contributed by atoms with E-state index in [0.717, 1.165) is 23.9 Å². The van der Waals surface area contributed by atoms with Gasteiger partial charge in [-0.25, -0.2) is 0 Å². The van der Waals surface area contributed by atoms with Crippen LogP contribution < -0.4 is 4.43 Å². The van der Waals surface area contributed by atoms with Crippen molar-refractivity contribution in [3.63, 3.8) is 0 Å². The molecule has 0 aromatic heterocycles. The molecule has 0 heterocycles. The predicted octanol–water partition coefficient (Wildman–Crippen LogP) is 2.67. The van der Waals surface area contributed by atoms with Gasteiger partial charge in [0.2, 0.25) is 0 Å². The summed E-state index contributed by atoms with van der Waals surface area (Å²) in [4.78, 5) is 0. The van der Waals surface area contributed by atoms with Gasteiger partial charge in [-0.15, -0.1) is 0 Å². The zero-order valence-corrected chi connectivity index (χ0v) is 12.1. The average molecular weight is 304 g/mol. The van der Waals surface area contributed by atoms with Crippen molar-refractivity contribution in [2.45, 2.75) is 12.8 Å². The van der Waals surface area contributed by atoms with E-state index in [0.29, 0.717) is 0 Å². The minimum Gasteiger partial charge on any atom is -0.498 e. The fourth-order valence-electron chi connectivity index (χ4n) is 1.32. The van der Waals surface area contributed by atoms with Crippen LogP contribution in [0.1, 0.15) is 12.0 Å². The van der Waals surface area contributed by atoms with Gasteiger partial charge in [0.05, 0.1) is 0 Å². The number of halogens is 1. The lowest BCUT2D eigenvalue weighted by Crippen LogP contribution is -2.27. The third-order valence-corrected chi connectivity index (χ3v) is 3.69. The highest BCUT2D eigenvalue weighted by molar-refractivity contribution is 9.09. The molecule has 0 bridgehead atoms. The van der Waals surface area contributed by atoms with E-state index in [1.807, 2.05) is 18.2 Å². The van der Waals surface area contributed by atoms with Gasteiger partial charge < -0.3 is 13.3 Å². The van der Waals surface area contributed by atoms with Gasteiger partial charge in [0, 0.05) is 19.5 Å². The first-order chi connectivity index (χ1) is 7.81. The summed E-state index contributed by atoms with van der Waals surface area (Å²) in [6, 6.07) is 8.00. The number of rotatable bonds is 7. The van der Waals surface area contributed by atoms with Crippen molar-refractivity contribution in [2.75, 3.05) is 19.5 Å². The molecule has 0 atom stereocenters. The molecule has 0 fully saturated rings. The summed E-state index contributed by atoms with van der Waals surface area (Å²) in [5, 5.41) is 0.994. The van der Waals surface area contributed by atoms with E-state index in [4.69, 9.17) is 13.3 Å². The summed E-state index contributed by atoms with van der Waals surface area (Å²) < 4.78 is 15.9. The van der Waals surface area contributed by atoms with E-state index < -0.39 is 9.53 Å². The molecule has 0 aliphatic heterocycles. The Balaban J connectivity index is 2.69. The van der Waals surface area contributed by atoms with Gasteiger partial charge in [-0.2, -0.15) is 0 Å². The lowest BCUT2D eigenvalue weighted by molar-refractivity contribution is 0.201. The van der Waals surface area contributed by atoms with E-state index in [1.54, 1.807) is 14.2 Å². The minimum atomic E-state index is -1.63. The zero-order valence-electron chi connectivity index (χ0n) is 9.53. The first-order valence-electron chi connectivity index (χ1n) is 5.08. The van der Waals surface area contributed by atoms with Gasteiger partial charge in [0.1, 0.15) is 5.75 Å². The second-order valence-electron chi connectivity index (χ2n) is 3.16. The lowest BCUT2D eigenvalue weighted by atomic mass is 10.1. The molecule has 0 aliphatic carbocycles. The van der Waals surface area contributed by atoms with E-state index in [-0.39, 0.29) is 0 Å². The average Bonchev–Trinajstić information content (AvgIpc) is 2.34. The monoisotopic (exact) mass is 303 g/mol. The molecule has 0 aliphatic rings. The molecule has 5 heteroatoms. The third kappa shape index (κ3) is 4.25. The number of alkyl halides is 1. The van der Waals surface area contributed by atoms with Crippen LogP contribution in [0, 0.1) is 0 Å². The Morgan fingerprint density at radius 1 is 1.19 bits per heavy atom. The van der Waals surface area contributed by atoms with Crippen LogP contribution in [0.4, 0.5) is 0 Å². The van der Waals surface area contributed by atoms with Crippen LogP contribution in [0.2, 0.25) is 0 Å². The van der Waals surface area contributed by atoms with Crippen molar-refractivity contribution >= 4 is 25.5 Å². The summed E-state index contributed by atoms with van der Waals surface area (Å²) >= 11 is 3.43. The molecule has 1 radical (unpaired) electrons. The van der Waals surface area contributed by atoms with Gasteiger partial charge >= 0.3 is 9.53 Å². The molecule has 1 aromatic rings. The summed E-state index contributed by atoms with van der Waals surface area (Å²) in [6.45, 7) is 0. The molecular weight excluding hydrogens is 288 g/mol. The van der Waals surface area contributed by atoms with Crippen LogP contribution in [-0.2, 0) is 15.3 Å². The summed E-state index contributed by atoms with van der Waals surface area (Å²) in [6.07, 6.45) is 2.08. The number of para-hydroxylation sites is 1. The Morgan fingerprint density at radius 3 is 2.50 bits per heavy atom. The standard InChI is InChI=1S/C11H16BrO3Si/c1-13-16(14-2)15-11-8-4-3-6-10(11)7-5-9-12/h3-4,6,8H,5,7,9H2,1-2H3. The highest BCUT2D eigenvalue weighted by Crippen LogP contribution is 2.20. The van der Waals surface area contributed by atoms with Crippen molar-refractivity contribution in [2.24, 2.45) is 0 Å². The van der Waals surface area contributed by atoms with Crippen LogP contribution in [0.15, 0.2) is 24.3 Å². The minimum absolute atomic E-state index is 0.862. The normalized spacial score (nSPS) is 10.8.